The van der Waals surface area contributed by atoms with Crippen LogP contribution in [0.25, 0.3) is 0 Å². The van der Waals surface area contributed by atoms with Gasteiger partial charge < -0.3 is 10.2 Å². The summed E-state index contributed by atoms with van der Waals surface area (Å²) in [6.45, 7) is 11.5. The first-order valence-corrected chi connectivity index (χ1v) is 7.36. The van der Waals surface area contributed by atoms with Crippen LogP contribution in [0.1, 0.15) is 33.6 Å². The molecule has 19 heavy (non-hydrogen) atoms. The Morgan fingerprint density at radius 3 is 2.37 bits per heavy atom. The van der Waals surface area contributed by atoms with Crippen LogP contribution in [-0.4, -0.2) is 60.5 Å². The van der Waals surface area contributed by atoms with Crippen molar-refractivity contribution in [2.24, 2.45) is 5.92 Å². The Bertz CT molecular complexity index is 290. The molecule has 0 bridgehead atoms. The summed E-state index contributed by atoms with van der Waals surface area (Å²) in [5, 5.41) is 3.42. The number of halogens is 1. The van der Waals surface area contributed by atoms with E-state index in [9.17, 15) is 4.79 Å². The van der Waals surface area contributed by atoms with Crippen molar-refractivity contribution in [3.05, 3.63) is 0 Å². The lowest BCUT2D eigenvalue weighted by atomic mass is 9.90. The zero-order valence-electron chi connectivity index (χ0n) is 12.4. The molecule has 2 fully saturated rings. The van der Waals surface area contributed by atoms with Gasteiger partial charge in [-0.15, -0.1) is 12.4 Å². The molecule has 0 spiro atoms. The Hall–Kier alpha value is -0.320. The summed E-state index contributed by atoms with van der Waals surface area (Å²) in [4.78, 5) is 17.0. The van der Waals surface area contributed by atoms with E-state index in [1.54, 1.807) is 0 Å². The van der Waals surface area contributed by atoms with Crippen molar-refractivity contribution in [2.75, 3.05) is 32.7 Å². The third kappa shape index (κ3) is 4.07. The van der Waals surface area contributed by atoms with Crippen molar-refractivity contribution in [1.82, 2.24) is 15.1 Å². The Morgan fingerprint density at radius 1 is 1.21 bits per heavy atom. The molecule has 2 aliphatic rings. The molecule has 2 heterocycles. The third-order valence-electron chi connectivity index (χ3n) is 4.44. The molecular formula is C14H28ClN3O. The van der Waals surface area contributed by atoms with Crippen molar-refractivity contribution >= 4 is 18.3 Å². The fraction of sp³-hybridized carbons (Fsp3) is 0.929. The van der Waals surface area contributed by atoms with Gasteiger partial charge in [-0.05, 0) is 40.2 Å². The summed E-state index contributed by atoms with van der Waals surface area (Å²) in [5.74, 6) is 0.572. The topological polar surface area (TPSA) is 35.6 Å². The van der Waals surface area contributed by atoms with Crippen molar-refractivity contribution < 1.29 is 4.79 Å². The number of rotatable bonds is 2. The maximum atomic E-state index is 12.5. The molecule has 1 amide bonds. The first kappa shape index (κ1) is 16.7. The number of hydrogen-bond donors (Lipinski definition) is 1. The summed E-state index contributed by atoms with van der Waals surface area (Å²) in [5.41, 5.74) is 0. The number of nitrogens with one attached hydrogen (secondary N) is 1. The average Bonchev–Trinajstić information content (AvgIpc) is 2.38. The normalized spacial score (nSPS) is 29.2. The number of piperazine rings is 1. The van der Waals surface area contributed by atoms with Crippen LogP contribution in [0, 0.1) is 5.92 Å². The maximum Gasteiger partial charge on any atom is 0.227 e. The molecule has 0 saturated carbocycles. The smallest absolute Gasteiger partial charge is 0.227 e. The van der Waals surface area contributed by atoms with E-state index in [2.05, 4.69) is 35.9 Å². The lowest BCUT2D eigenvalue weighted by Gasteiger charge is -2.40. The average molecular weight is 290 g/mol. The summed E-state index contributed by atoms with van der Waals surface area (Å²) in [6.07, 6.45) is 2.18. The summed E-state index contributed by atoms with van der Waals surface area (Å²) < 4.78 is 0. The highest BCUT2D eigenvalue weighted by Gasteiger charge is 2.32. The monoisotopic (exact) mass is 289 g/mol. The van der Waals surface area contributed by atoms with Gasteiger partial charge in [-0.2, -0.15) is 0 Å². The minimum atomic E-state index is 0. The van der Waals surface area contributed by atoms with Crippen molar-refractivity contribution in [3.8, 4) is 0 Å². The van der Waals surface area contributed by atoms with Gasteiger partial charge in [0.05, 0.1) is 5.92 Å². The van der Waals surface area contributed by atoms with Gasteiger partial charge in [0, 0.05) is 38.3 Å². The quantitative estimate of drug-likeness (QED) is 0.834. The Kier molecular flexibility index (Phi) is 6.57. The first-order chi connectivity index (χ1) is 8.59. The second kappa shape index (κ2) is 7.46. The van der Waals surface area contributed by atoms with Gasteiger partial charge in [0.1, 0.15) is 0 Å². The highest BCUT2D eigenvalue weighted by atomic mass is 35.5. The molecule has 112 valence electrons. The molecule has 0 aromatic rings. The van der Waals surface area contributed by atoms with Crippen molar-refractivity contribution in [3.63, 3.8) is 0 Å². The molecule has 1 N–H and O–H groups in total. The summed E-state index contributed by atoms with van der Waals surface area (Å²) in [7, 11) is 0. The van der Waals surface area contributed by atoms with Gasteiger partial charge in [0.2, 0.25) is 5.91 Å². The predicted molar refractivity (Wildman–Crippen MR) is 80.7 cm³/mol. The summed E-state index contributed by atoms with van der Waals surface area (Å²) >= 11 is 0. The largest absolute Gasteiger partial charge is 0.340 e. The van der Waals surface area contributed by atoms with E-state index in [1.807, 2.05) is 0 Å². The van der Waals surface area contributed by atoms with Crippen molar-refractivity contribution in [2.45, 2.75) is 45.7 Å². The number of carbonyl (C=O) groups is 1. The minimum absolute atomic E-state index is 0. The van der Waals surface area contributed by atoms with Crippen LogP contribution in [0.15, 0.2) is 0 Å². The maximum absolute atomic E-state index is 12.5. The molecule has 0 aromatic heterocycles. The number of hydrogen-bond acceptors (Lipinski definition) is 3. The highest BCUT2D eigenvalue weighted by Crippen LogP contribution is 2.20. The number of carbonyl (C=O) groups excluding carboxylic acids is 1. The van der Waals surface area contributed by atoms with Crippen LogP contribution >= 0.6 is 12.4 Å². The molecule has 2 rings (SSSR count). The molecule has 2 aliphatic heterocycles. The lowest BCUT2D eigenvalue weighted by Crippen LogP contribution is -2.55. The van der Waals surface area contributed by atoms with E-state index in [-0.39, 0.29) is 18.3 Å². The highest BCUT2D eigenvalue weighted by molar-refractivity contribution is 5.85. The number of amides is 1. The van der Waals surface area contributed by atoms with Crippen LogP contribution < -0.4 is 5.32 Å². The van der Waals surface area contributed by atoms with Crippen molar-refractivity contribution in [1.29, 1.82) is 0 Å². The van der Waals surface area contributed by atoms with Gasteiger partial charge in [-0.25, -0.2) is 0 Å². The number of piperidine rings is 1. The molecule has 2 saturated heterocycles. The van der Waals surface area contributed by atoms with E-state index in [0.717, 1.165) is 45.6 Å². The first-order valence-electron chi connectivity index (χ1n) is 7.36. The Morgan fingerprint density at radius 2 is 1.84 bits per heavy atom. The number of nitrogens with zero attached hydrogens (tertiary/aromatic N) is 2. The van der Waals surface area contributed by atoms with E-state index in [1.165, 1.54) is 0 Å². The van der Waals surface area contributed by atoms with E-state index >= 15 is 0 Å². The SMILES string of the molecule is CC1NCCCC1C(=O)N1CCN(C(C)C)CC1.Cl. The van der Waals surface area contributed by atoms with Crippen LogP contribution in [0.2, 0.25) is 0 Å². The van der Waals surface area contributed by atoms with E-state index in [0.29, 0.717) is 18.0 Å². The summed E-state index contributed by atoms with van der Waals surface area (Å²) in [6, 6.07) is 0.937. The van der Waals surface area contributed by atoms with Crippen LogP contribution in [0.4, 0.5) is 0 Å². The van der Waals surface area contributed by atoms with Crippen LogP contribution in [0.3, 0.4) is 0 Å². The molecule has 2 atom stereocenters. The molecule has 0 aromatic carbocycles. The second-order valence-corrected chi connectivity index (χ2v) is 5.95. The fourth-order valence-electron chi connectivity index (χ4n) is 3.07. The van der Waals surface area contributed by atoms with Crippen LogP contribution in [-0.2, 0) is 4.79 Å². The van der Waals surface area contributed by atoms with E-state index < -0.39 is 0 Å². The Labute approximate surface area is 123 Å². The van der Waals surface area contributed by atoms with Gasteiger partial charge in [-0.3, -0.25) is 9.69 Å². The van der Waals surface area contributed by atoms with Gasteiger partial charge in [0.15, 0.2) is 0 Å². The second-order valence-electron chi connectivity index (χ2n) is 5.95. The molecule has 2 unspecified atom stereocenters. The zero-order chi connectivity index (χ0) is 13.1. The van der Waals surface area contributed by atoms with Gasteiger partial charge >= 0.3 is 0 Å². The lowest BCUT2D eigenvalue weighted by molar-refractivity contribution is -0.139. The van der Waals surface area contributed by atoms with Crippen LogP contribution in [0.5, 0.6) is 0 Å². The predicted octanol–water partition coefficient (Wildman–Crippen LogP) is 1.35. The van der Waals surface area contributed by atoms with Gasteiger partial charge in [0.25, 0.3) is 0 Å². The Balaban J connectivity index is 0.00000180. The fourth-order valence-corrected chi connectivity index (χ4v) is 3.07. The molecular weight excluding hydrogens is 262 g/mol. The molecule has 0 radical (unpaired) electrons. The minimum Gasteiger partial charge on any atom is -0.340 e. The van der Waals surface area contributed by atoms with Gasteiger partial charge in [-0.1, -0.05) is 0 Å². The standard InChI is InChI=1S/C14H27N3O.ClH/c1-11(2)16-7-9-17(10-8-16)14(18)13-5-4-6-15-12(13)3;/h11-13,15H,4-10H2,1-3H3;1H. The van der Waals surface area contributed by atoms with E-state index in [4.69, 9.17) is 0 Å². The molecule has 4 nitrogen and oxygen atoms in total. The molecule has 5 heteroatoms. The third-order valence-corrected chi connectivity index (χ3v) is 4.44. The molecule has 0 aliphatic carbocycles. The zero-order valence-corrected chi connectivity index (χ0v) is 13.2.